The first-order valence-corrected chi connectivity index (χ1v) is 7.65. The van der Waals surface area contributed by atoms with Crippen molar-refractivity contribution >= 4 is 0 Å². The van der Waals surface area contributed by atoms with Gasteiger partial charge in [-0.1, -0.05) is 25.5 Å². The fourth-order valence-corrected chi connectivity index (χ4v) is 2.25. The summed E-state index contributed by atoms with van der Waals surface area (Å²) in [6, 6.07) is 10.4. The first kappa shape index (κ1) is 15.5. The van der Waals surface area contributed by atoms with Gasteiger partial charge in [0.25, 0.3) is 0 Å². The van der Waals surface area contributed by atoms with Gasteiger partial charge in [0.1, 0.15) is 5.75 Å². The summed E-state index contributed by atoms with van der Waals surface area (Å²) in [5.41, 5.74) is 9.10. The predicted molar refractivity (Wildman–Crippen MR) is 86.9 cm³/mol. The van der Waals surface area contributed by atoms with E-state index in [-0.39, 0.29) is 0 Å². The summed E-state index contributed by atoms with van der Waals surface area (Å²) < 4.78 is 5.86. The van der Waals surface area contributed by atoms with E-state index in [4.69, 9.17) is 10.5 Å². The second kappa shape index (κ2) is 7.79. The molecule has 1 heterocycles. The molecule has 0 fully saturated rings. The van der Waals surface area contributed by atoms with Gasteiger partial charge in [0.2, 0.25) is 5.88 Å². The van der Waals surface area contributed by atoms with Crippen LogP contribution in [-0.2, 0) is 12.8 Å². The molecular weight excluding hydrogens is 260 g/mol. The normalized spacial score (nSPS) is 10.6. The minimum Gasteiger partial charge on any atom is -0.439 e. The number of nitrogens with two attached hydrogens (primary N) is 1. The maximum Gasteiger partial charge on any atom is 0.222 e. The third kappa shape index (κ3) is 4.57. The Labute approximate surface area is 127 Å². The van der Waals surface area contributed by atoms with Gasteiger partial charge in [-0.3, -0.25) is 0 Å². The molecule has 0 atom stereocenters. The molecule has 0 aliphatic rings. The summed E-state index contributed by atoms with van der Waals surface area (Å²) in [4.78, 5) is 4.39. The van der Waals surface area contributed by atoms with Gasteiger partial charge in [0.15, 0.2) is 0 Å². The molecule has 0 unspecified atom stereocenters. The smallest absolute Gasteiger partial charge is 0.222 e. The third-order valence-electron chi connectivity index (χ3n) is 3.48. The topological polar surface area (TPSA) is 48.1 Å². The van der Waals surface area contributed by atoms with Crippen molar-refractivity contribution < 1.29 is 4.74 Å². The Kier molecular flexibility index (Phi) is 5.76. The SMILES string of the molecule is CCCCc1ccc(Oc2ncc(CCN)cc2C)cc1. The molecule has 3 heteroatoms. The number of hydrogen-bond acceptors (Lipinski definition) is 3. The largest absolute Gasteiger partial charge is 0.439 e. The Morgan fingerprint density at radius 3 is 2.48 bits per heavy atom. The number of nitrogens with zero attached hydrogens (tertiary/aromatic N) is 1. The fraction of sp³-hybridized carbons (Fsp3) is 0.389. The van der Waals surface area contributed by atoms with Gasteiger partial charge in [-0.25, -0.2) is 4.98 Å². The highest BCUT2D eigenvalue weighted by Crippen LogP contribution is 2.24. The molecule has 1 aromatic carbocycles. The first-order chi connectivity index (χ1) is 10.2. The van der Waals surface area contributed by atoms with Gasteiger partial charge in [0, 0.05) is 11.8 Å². The summed E-state index contributed by atoms with van der Waals surface area (Å²) >= 11 is 0. The summed E-state index contributed by atoms with van der Waals surface area (Å²) in [6.45, 7) is 4.86. The molecule has 21 heavy (non-hydrogen) atoms. The zero-order chi connectivity index (χ0) is 15.1. The second-order valence-electron chi connectivity index (χ2n) is 5.35. The quantitative estimate of drug-likeness (QED) is 0.835. The minimum atomic E-state index is 0.639. The number of ether oxygens (including phenoxy) is 1. The first-order valence-electron chi connectivity index (χ1n) is 7.65. The summed E-state index contributed by atoms with van der Waals surface area (Å²) in [5.74, 6) is 1.49. The van der Waals surface area contributed by atoms with Crippen LogP contribution >= 0.6 is 0 Å². The monoisotopic (exact) mass is 284 g/mol. The van der Waals surface area contributed by atoms with Crippen LogP contribution in [0.3, 0.4) is 0 Å². The molecule has 2 N–H and O–H groups in total. The molecule has 0 aliphatic carbocycles. The van der Waals surface area contributed by atoms with Crippen molar-refractivity contribution in [2.75, 3.05) is 6.54 Å². The highest BCUT2D eigenvalue weighted by atomic mass is 16.5. The van der Waals surface area contributed by atoms with Crippen molar-refractivity contribution in [3.05, 3.63) is 53.2 Å². The molecule has 0 amide bonds. The zero-order valence-corrected chi connectivity index (χ0v) is 12.9. The van der Waals surface area contributed by atoms with E-state index in [0.29, 0.717) is 12.4 Å². The molecule has 2 aromatic rings. The minimum absolute atomic E-state index is 0.639. The fourth-order valence-electron chi connectivity index (χ4n) is 2.25. The van der Waals surface area contributed by atoms with E-state index in [1.165, 1.54) is 18.4 Å². The zero-order valence-electron chi connectivity index (χ0n) is 12.9. The van der Waals surface area contributed by atoms with Gasteiger partial charge in [-0.05, 0) is 62.1 Å². The van der Waals surface area contributed by atoms with Crippen molar-refractivity contribution in [1.82, 2.24) is 4.98 Å². The van der Waals surface area contributed by atoms with E-state index in [0.717, 1.165) is 29.7 Å². The lowest BCUT2D eigenvalue weighted by molar-refractivity contribution is 0.458. The number of unbranched alkanes of at least 4 members (excludes halogenated alkanes) is 1. The summed E-state index contributed by atoms with van der Waals surface area (Å²) in [6.07, 6.45) is 6.26. The lowest BCUT2D eigenvalue weighted by Crippen LogP contribution is -2.03. The van der Waals surface area contributed by atoms with Crippen LogP contribution in [0.2, 0.25) is 0 Å². The van der Waals surface area contributed by atoms with Crippen LogP contribution in [0, 0.1) is 6.92 Å². The Balaban J connectivity index is 2.04. The summed E-state index contributed by atoms with van der Waals surface area (Å²) in [5, 5.41) is 0. The number of aromatic nitrogens is 1. The Morgan fingerprint density at radius 2 is 1.86 bits per heavy atom. The van der Waals surface area contributed by atoms with Gasteiger partial charge in [-0.2, -0.15) is 0 Å². The average Bonchev–Trinajstić information content (AvgIpc) is 2.49. The third-order valence-corrected chi connectivity index (χ3v) is 3.48. The molecule has 3 nitrogen and oxygen atoms in total. The number of aryl methyl sites for hydroxylation is 2. The van der Waals surface area contributed by atoms with Crippen molar-refractivity contribution in [2.45, 2.75) is 39.5 Å². The highest BCUT2D eigenvalue weighted by molar-refractivity contribution is 5.35. The lowest BCUT2D eigenvalue weighted by atomic mass is 10.1. The molecule has 1 aromatic heterocycles. The molecule has 0 radical (unpaired) electrons. The van der Waals surface area contributed by atoms with E-state index in [1.54, 1.807) is 0 Å². The van der Waals surface area contributed by atoms with E-state index in [2.05, 4.69) is 30.1 Å². The van der Waals surface area contributed by atoms with Crippen LogP contribution in [0.1, 0.15) is 36.5 Å². The van der Waals surface area contributed by atoms with Gasteiger partial charge in [-0.15, -0.1) is 0 Å². The molecule has 2 rings (SSSR count). The maximum atomic E-state index is 5.86. The summed E-state index contributed by atoms with van der Waals surface area (Å²) in [7, 11) is 0. The van der Waals surface area contributed by atoms with Crippen molar-refractivity contribution in [1.29, 1.82) is 0 Å². The van der Waals surface area contributed by atoms with Crippen LogP contribution in [-0.4, -0.2) is 11.5 Å². The lowest BCUT2D eigenvalue weighted by Gasteiger charge is -2.09. The molecular formula is C18H24N2O. The van der Waals surface area contributed by atoms with Crippen LogP contribution in [0.5, 0.6) is 11.6 Å². The number of pyridine rings is 1. The van der Waals surface area contributed by atoms with E-state index in [1.807, 2.05) is 25.3 Å². The van der Waals surface area contributed by atoms with Crippen molar-refractivity contribution in [3.8, 4) is 11.6 Å². The van der Waals surface area contributed by atoms with Gasteiger partial charge >= 0.3 is 0 Å². The second-order valence-corrected chi connectivity index (χ2v) is 5.35. The number of benzene rings is 1. The Morgan fingerprint density at radius 1 is 1.10 bits per heavy atom. The van der Waals surface area contributed by atoms with Crippen LogP contribution < -0.4 is 10.5 Å². The van der Waals surface area contributed by atoms with Crippen molar-refractivity contribution in [3.63, 3.8) is 0 Å². The predicted octanol–water partition coefficient (Wildman–Crippen LogP) is 4.03. The van der Waals surface area contributed by atoms with Crippen LogP contribution in [0.25, 0.3) is 0 Å². The number of hydrogen-bond donors (Lipinski definition) is 1. The molecule has 0 saturated carbocycles. The molecule has 0 bridgehead atoms. The maximum absolute atomic E-state index is 5.86. The van der Waals surface area contributed by atoms with E-state index in [9.17, 15) is 0 Å². The Bertz CT molecular complexity index is 564. The number of rotatable bonds is 7. The highest BCUT2D eigenvalue weighted by Gasteiger charge is 2.05. The molecule has 0 saturated heterocycles. The Hall–Kier alpha value is -1.87. The molecule has 0 spiro atoms. The molecule has 112 valence electrons. The van der Waals surface area contributed by atoms with Crippen LogP contribution in [0.4, 0.5) is 0 Å². The molecule has 0 aliphatic heterocycles. The van der Waals surface area contributed by atoms with E-state index < -0.39 is 0 Å². The van der Waals surface area contributed by atoms with Gasteiger partial charge < -0.3 is 10.5 Å². The van der Waals surface area contributed by atoms with Gasteiger partial charge in [0.05, 0.1) is 0 Å². The van der Waals surface area contributed by atoms with E-state index >= 15 is 0 Å². The van der Waals surface area contributed by atoms with Crippen LogP contribution in [0.15, 0.2) is 36.5 Å². The van der Waals surface area contributed by atoms with Crippen molar-refractivity contribution in [2.24, 2.45) is 5.73 Å². The average molecular weight is 284 g/mol. The standard InChI is InChI=1S/C18H24N2O/c1-3-4-5-15-6-8-17(9-7-15)21-18-14(2)12-16(10-11-19)13-20-18/h6-9,12-13H,3-5,10-11,19H2,1-2H3.